The summed E-state index contributed by atoms with van der Waals surface area (Å²) in [5, 5.41) is 0. The van der Waals surface area contributed by atoms with Crippen LogP contribution in [0.3, 0.4) is 0 Å². The summed E-state index contributed by atoms with van der Waals surface area (Å²) in [6.45, 7) is 6.46. The van der Waals surface area contributed by atoms with Crippen LogP contribution >= 0.6 is 0 Å². The first-order chi connectivity index (χ1) is 7.18. The van der Waals surface area contributed by atoms with E-state index in [2.05, 4.69) is 44.0 Å². The number of oxazole rings is 1. The van der Waals surface area contributed by atoms with E-state index in [9.17, 15) is 0 Å². The van der Waals surface area contributed by atoms with Gasteiger partial charge in [-0.15, -0.1) is 0 Å². The summed E-state index contributed by atoms with van der Waals surface area (Å²) in [5.41, 5.74) is 3.68. The van der Waals surface area contributed by atoms with E-state index in [4.69, 9.17) is 4.42 Å². The van der Waals surface area contributed by atoms with Gasteiger partial charge in [0, 0.05) is 5.56 Å². The Morgan fingerprint density at radius 3 is 2.67 bits per heavy atom. The maximum absolute atomic E-state index is 5.32. The predicted octanol–water partition coefficient (Wildman–Crippen LogP) is 3.77. The number of hydrogen-bond acceptors (Lipinski definition) is 2. The van der Waals surface area contributed by atoms with Crippen LogP contribution in [0.15, 0.2) is 35.2 Å². The van der Waals surface area contributed by atoms with Crippen molar-refractivity contribution in [2.24, 2.45) is 0 Å². The van der Waals surface area contributed by atoms with Gasteiger partial charge in [0.15, 0.2) is 12.2 Å². The van der Waals surface area contributed by atoms with Crippen LogP contribution in [0.25, 0.3) is 11.3 Å². The zero-order valence-corrected chi connectivity index (χ0v) is 9.32. The molecule has 15 heavy (non-hydrogen) atoms. The zero-order valence-electron chi connectivity index (χ0n) is 9.32. The number of aryl methyl sites for hydroxylation is 1. The average Bonchev–Trinajstić information content (AvgIpc) is 2.71. The Labute approximate surface area is 90.0 Å². The molecule has 0 saturated carbocycles. The minimum Gasteiger partial charge on any atom is -0.444 e. The lowest BCUT2D eigenvalue weighted by molar-refractivity contribution is 0.571. The Bertz CT molecular complexity index is 444. The second-order valence-corrected chi connectivity index (χ2v) is 4.09. The zero-order chi connectivity index (χ0) is 10.8. The molecular formula is C13H15NO. The van der Waals surface area contributed by atoms with Crippen molar-refractivity contribution in [1.29, 1.82) is 0 Å². The quantitative estimate of drug-likeness (QED) is 0.739. The Kier molecular flexibility index (Phi) is 2.58. The number of aromatic nitrogens is 1. The Morgan fingerprint density at radius 1 is 1.27 bits per heavy atom. The molecule has 2 nitrogen and oxygen atoms in total. The van der Waals surface area contributed by atoms with Crippen LogP contribution < -0.4 is 0 Å². The summed E-state index contributed by atoms with van der Waals surface area (Å²) in [5.74, 6) is 1.38. The molecule has 0 unspecified atom stereocenters. The third-order valence-electron chi connectivity index (χ3n) is 2.63. The van der Waals surface area contributed by atoms with Gasteiger partial charge in [0.05, 0.1) is 6.20 Å². The van der Waals surface area contributed by atoms with Gasteiger partial charge in [-0.1, -0.05) is 26.0 Å². The molecule has 78 valence electrons. The molecule has 2 aromatic rings. The minimum atomic E-state index is 0.535. The summed E-state index contributed by atoms with van der Waals surface area (Å²) in [4.78, 5) is 3.95. The molecule has 0 fully saturated rings. The summed E-state index contributed by atoms with van der Waals surface area (Å²) in [6, 6.07) is 6.48. The molecule has 1 heterocycles. The molecule has 2 heteroatoms. The van der Waals surface area contributed by atoms with Crippen molar-refractivity contribution in [3.05, 3.63) is 41.9 Å². The second-order valence-electron chi connectivity index (χ2n) is 4.09. The van der Waals surface area contributed by atoms with Gasteiger partial charge in [0.1, 0.15) is 0 Å². The van der Waals surface area contributed by atoms with Gasteiger partial charge < -0.3 is 4.42 Å². The summed E-state index contributed by atoms with van der Waals surface area (Å²) in [6.07, 6.45) is 3.23. The lowest BCUT2D eigenvalue weighted by atomic mass is 9.97. The van der Waals surface area contributed by atoms with Crippen molar-refractivity contribution in [3.8, 4) is 11.3 Å². The molecule has 0 atom stereocenters. The van der Waals surface area contributed by atoms with Crippen LogP contribution in [0.5, 0.6) is 0 Å². The highest BCUT2D eigenvalue weighted by Crippen LogP contribution is 2.26. The molecule has 0 bridgehead atoms. The number of hydrogen-bond donors (Lipinski definition) is 0. The van der Waals surface area contributed by atoms with Gasteiger partial charge in [-0.3, -0.25) is 0 Å². The first kappa shape index (κ1) is 9.97. The molecule has 1 aromatic carbocycles. The van der Waals surface area contributed by atoms with Crippen LogP contribution in [0.2, 0.25) is 0 Å². The van der Waals surface area contributed by atoms with Crippen LogP contribution in [0, 0.1) is 6.92 Å². The van der Waals surface area contributed by atoms with Crippen LogP contribution in [0.1, 0.15) is 30.9 Å². The smallest absolute Gasteiger partial charge is 0.181 e. The first-order valence-corrected chi connectivity index (χ1v) is 5.18. The van der Waals surface area contributed by atoms with E-state index in [-0.39, 0.29) is 0 Å². The van der Waals surface area contributed by atoms with Crippen molar-refractivity contribution in [3.63, 3.8) is 0 Å². The molecule has 1 aromatic heterocycles. The minimum absolute atomic E-state index is 0.535. The summed E-state index contributed by atoms with van der Waals surface area (Å²) < 4.78 is 5.32. The summed E-state index contributed by atoms with van der Waals surface area (Å²) >= 11 is 0. The van der Waals surface area contributed by atoms with Gasteiger partial charge in [0.25, 0.3) is 0 Å². The third-order valence-corrected chi connectivity index (χ3v) is 2.63. The number of benzene rings is 1. The van der Waals surface area contributed by atoms with Gasteiger partial charge >= 0.3 is 0 Å². The van der Waals surface area contributed by atoms with Gasteiger partial charge in [-0.25, -0.2) is 4.98 Å². The van der Waals surface area contributed by atoms with Gasteiger partial charge in [0.2, 0.25) is 0 Å². The van der Waals surface area contributed by atoms with Crippen molar-refractivity contribution < 1.29 is 4.42 Å². The maximum atomic E-state index is 5.32. The SMILES string of the molecule is Cc1ccc(C(C)C)cc1-c1cnco1. The second kappa shape index (κ2) is 3.89. The lowest BCUT2D eigenvalue weighted by Crippen LogP contribution is -1.90. The maximum Gasteiger partial charge on any atom is 0.181 e. The Morgan fingerprint density at radius 2 is 2.07 bits per heavy atom. The lowest BCUT2D eigenvalue weighted by Gasteiger charge is -2.09. The number of rotatable bonds is 2. The van der Waals surface area contributed by atoms with Gasteiger partial charge in [-0.05, 0) is 30.0 Å². The Balaban J connectivity index is 2.51. The monoisotopic (exact) mass is 201 g/mol. The van der Waals surface area contributed by atoms with Crippen LogP contribution in [-0.4, -0.2) is 4.98 Å². The molecule has 0 amide bonds. The topological polar surface area (TPSA) is 26.0 Å². The van der Waals surface area contributed by atoms with E-state index < -0.39 is 0 Å². The highest BCUT2D eigenvalue weighted by Gasteiger charge is 2.07. The fourth-order valence-corrected chi connectivity index (χ4v) is 1.61. The van der Waals surface area contributed by atoms with E-state index in [0.29, 0.717) is 5.92 Å². The van der Waals surface area contributed by atoms with Gasteiger partial charge in [-0.2, -0.15) is 0 Å². The summed E-state index contributed by atoms with van der Waals surface area (Å²) in [7, 11) is 0. The Hall–Kier alpha value is -1.57. The first-order valence-electron chi connectivity index (χ1n) is 5.18. The van der Waals surface area contributed by atoms with Crippen molar-refractivity contribution in [1.82, 2.24) is 4.98 Å². The molecular weight excluding hydrogens is 186 g/mol. The van der Waals surface area contributed by atoms with E-state index in [1.165, 1.54) is 17.5 Å². The molecule has 0 radical (unpaired) electrons. The molecule has 0 aliphatic rings. The highest BCUT2D eigenvalue weighted by molar-refractivity contribution is 5.62. The fraction of sp³-hybridized carbons (Fsp3) is 0.308. The predicted molar refractivity (Wildman–Crippen MR) is 60.8 cm³/mol. The van der Waals surface area contributed by atoms with E-state index in [1.54, 1.807) is 6.20 Å². The molecule has 0 N–H and O–H groups in total. The normalized spacial score (nSPS) is 10.9. The molecule has 0 aliphatic heterocycles. The number of nitrogens with zero attached hydrogens (tertiary/aromatic N) is 1. The largest absolute Gasteiger partial charge is 0.444 e. The van der Waals surface area contributed by atoms with E-state index in [0.717, 1.165) is 11.3 Å². The fourth-order valence-electron chi connectivity index (χ4n) is 1.61. The van der Waals surface area contributed by atoms with E-state index >= 15 is 0 Å². The molecule has 0 saturated heterocycles. The van der Waals surface area contributed by atoms with Crippen LogP contribution in [0.4, 0.5) is 0 Å². The van der Waals surface area contributed by atoms with Crippen molar-refractivity contribution in [2.45, 2.75) is 26.7 Å². The van der Waals surface area contributed by atoms with E-state index in [1.807, 2.05) is 0 Å². The highest BCUT2D eigenvalue weighted by atomic mass is 16.3. The van der Waals surface area contributed by atoms with Crippen molar-refractivity contribution >= 4 is 0 Å². The molecule has 0 aliphatic carbocycles. The van der Waals surface area contributed by atoms with Crippen molar-refractivity contribution in [2.75, 3.05) is 0 Å². The standard InChI is InChI=1S/C13H15NO/c1-9(2)11-5-4-10(3)12(6-11)13-7-14-8-15-13/h4-9H,1-3H3. The molecule has 2 rings (SSSR count). The average molecular weight is 201 g/mol. The third kappa shape index (κ3) is 1.94. The van der Waals surface area contributed by atoms with Crippen LogP contribution in [-0.2, 0) is 0 Å². The molecule has 0 spiro atoms.